The second-order valence-corrected chi connectivity index (χ2v) is 5.06. The third kappa shape index (κ3) is 4.83. The Kier molecular flexibility index (Phi) is 6.19. The number of carbonyl (C=O) groups is 1. The molecule has 0 aromatic heterocycles. The average Bonchev–Trinajstić information content (AvgIpc) is 2.14. The first-order valence-corrected chi connectivity index (χ1v) is 5.27. The van der Waals surface area contributed by atoms with Crippen LogP contribution in [0.4, 0.5) is 0 Å². The number of hydrogen-bond acceptors (Lipinski definition) is 5. The van der Waals surface area contributed by atoms with E-state index in [-0.39, 0.29) is 32.2 Å². The number of nitrogens with zero attached hydrogens (tertiary/aromatic N) is 1. The van der Waals surface area contributed by atoms with E-state index in [0.717, 1.165) is 0 Å². The molecule has 0 aliphatic heterocycles. The summed E-state index contributed by atoms with van der Waals surface area (Å²) in [6.45, 7) is 3.55. The molecule has 0 aliphatic carbocycles. The van der Waals surface area contributed by atoms with Crippen molar-refractivity contribution in [3.8, 4) is 0 Å². The maximum Gasteiger partial charge on any atom is 0.241 e. The van der Waals surface area contributed by atoms with Gasteiger partial charge in [0.15, 0.2) is 0 Å². The summed E-state index contributed by atoms with van der Waals surface area (Å²) in [6, 6.07) is -0.751. The first kappa shape index (κ1) is 14.7. The van der Waals surface area contributed by atoms with Gasteiger partial charge in [0, 0.05) is 17.8 Å². The molecule has 90 valence electrons. The number of thiol groups is 1. The van der Waals surface area contributed by atoms with Crippen molar-refractivity contribution in [1.29, 1.82) is 0 Å². The van der Waals surface area contributed by atoms with Crippen molar-refractivity contribution in [3.63, 3.8) is 0 Å². The topological polar surface area (TPSA) is 86.8 Å². The Labute approximate surface area is 95.7 Å². The molecule has 0 aromatic rings. The molecule has 1 atom stereocenters. The normalized spacial score (nSPS) is 13.7. The first-order chi connectivity index (χ1) is 6.84. The van der Waals surface area contributed by atoms with Crippen LogP contribution in [0.1, 0.15) is 13.8 Å². The highest BCUT2D eigenvalue weighted by atomic mass is 32.1. The quantitative estimate of drug-likeness (QED) is 0.438. The van der Waals surface area contributed by atoms with Gasteiger partial charge in [0.1, 0.15) is 0 Å². The molecule has 0 bridgehead atoms. The van der Waals surface area contributed by atoms with E-state index < -0.39 is 10.8 Å². The highest BCUT2D eigenvalue weighted by molar-refractivity contribution is 7.81. The molecular weight excluding hydrogens is 216 g/mol. The van der Waals surface area contributed by atoms with Gasteiger partial charge in [-0.05, 0) is 13.8 Å². The minimum Gasteiger partial charge on any atom is -0.395 e. The lowest BCUT2D eigenvalue weighted by molar-refractivity contribution is -0.134. The monoisotopic (exact) mass is 236 g/mol. The lowest BCUT2D eigenvalue weighted by Crippen LogP contribution is -2.53. The number of carbonyl (C=O) groups excluding carboxylic acids is 1. The highest BCUT2D eigenvalue weighted by Crippen LogP contribution is 2.17. The fourth-order valence-electron chi connectivity index (χ4n) is 1.07. The molecule has 0 heterocycles. The van der Waals surface area contributed by atoms with Crippen LogP contribution in [0.15, 0.2) is 0 Å². The van der Waals surface area contributed by atoms with Gasteiger partial charge in [-0.2, -0.15) is 12.6 Å². The summed E-state index contributed by atoms with van der Waals surface area (Å²) < 4.78 is -0.625. The maximum absolute atomic E-state index is 11.8. The molecule has 0 aliphatic rings. The fraction of sp³-hybridized carbons (Fsp3) is 0.889. The van der Waals surface area contributed by atoms with Crippen molar-refractivity contribution in [3.05, 3.63) is 0 Å². The van der Waals surface area contributed by atoms with Crippen LogP contribution in [0.3, 0.4) is 0 Å². The van der Waals surface area contributed by atoms with Crippen molar-refractivity contribution in [2.45, 2.75) is 24.6 Å². The van der Waals surface area contributed by atoms with Crippen LogP contribution >= 0.6 is 12.6 Å². The van der Waals surface area contributed by atoms with Crippen LogP contribution in [0.2, 0.25) is 0 Å². The van der Waals surface area contributed by atoms with Crippen LogP contribution in [-0.2, 0) is 4.79 Å². The maximum atomic E-state index is 11.8. The molecule has 0 unspecified atom stereocenters. The number of aliphatic hydroxyl groups excluding tert-OH is 2. The van der Waals surface area contributed by atoms with Crippen molar-refractivity contribution in [1.82, 2.24) is 4.90 Å². The SMILES string of the molecule is CC(C)(S)[C@H](N)C(=O)N(CCO)CCO. The van der Waals surface area contributed by atoms with E-state index in [2.05, 4.69) is 12.6 Å². The van der Waals surface area contributed by atoms with E-state index in [1.165, 1.54) is 4.90 Å². The van der Waals surface area contributed by atoms with E-state index in [9.17, 15) is 4.79 Å². The summed E-state index contributed by atoms with van der Waals surface area (Å²) in [6.07, 6.45) is 0. The summed E-state index contributed by atoms with van der Waals surface area (Å²) in [4.78, 5) is 13.1. The van der Waals surface area contributed by atoms with Crippen LogP contribution in [0.5, 0.6) is 0 Å². The van der Waals surface area contributed by atoms with E-state index in [1.54, 1.807) is 13.8 Å². The highest BCUT2D eigenvalue weighted by Gasteiger charge is 2.31. The standard InChI is InChI=1S/C9H20N2O3S/c1-9(2,15)7(10)8(14)11(3-5-12)4-6-13/h7,12-13,15H,3-6,10H2,1-2H3/t7-/m1/s1. The van der Waals surface area contributed by atoms with Crippen molar-refractivity contribution >= 4 is 18.5 Å². The van der Waals surface area contributed by atoms with Gasteiger partial charge in [-0.15, -0.1) is 0 Å². The zero-order valence-electron chi connectivity index (χ0n) is 9.18. The molecule has 0 radical (unpaired) electrons. The predicted molar refractivity (Wildman–Crippen MR) is 61.8 cm³/mol. The summed E-state index contributed by atoms with van der Waals surface area (Å²) in [5, 5.41) is 17.5. The number of rotatable bonds is 6. The fourth-order valence-corrected chi connectivity index (χ4v) is 1.18. The second-order valence-electron chi connectivity index (χ2n) is 3.90. The summed E-state index contributed by atoms with van der Waals surface area (Å²) >= 11 is 4.22. The molecular formula is C9H20N2O3S. The predicted octanol–water partition coefficient (Wildman–Crippen LogP) is -1.16. The van der Waals surface area contributed by atoms with Crippen molar-refractivity contribution in [2.24, 2.45) is 5.73 Å². The molecule has 4 N–H and O–H groups in total. The lowest BCUT2D eigenvalue weighted by Gasteiger charge is -2.30. The molecule has 5 nitrogen and oxygen atoms in total. The number of amides is 1. The van der Waals surface area contributed by atoms with Crippen LogP contribution in [0, 0.1) is 0 Å². The molecule has 0 saturated heterocycles. The zero-order valence-corrected chi connectivity index (χ0v) is 10.1. The van der Waals surface area contributed by atoms with Crippen molar-refractivity contribution in [2.75, 3.05) is 26.3 Å². The Morgan fingerprint density at radius 3 is 2.07 bits per heavy atom. The Morgan fingerprint density at radius 1 is 1.40 bits per heavy atom. The van der Waals surface area contributed by atoms with Crippen LogP contribution in [-0.4, -0.2) is 58.1 Å². The Hall–Kier alpha value is -0.300. The van der Waals surface area contributed by atoms with Gasteiger partial charge in [-0.25, -0.2) is 0 Å². The van der Waals surface area contributed by atoms with E-state index in [4.69, 9.17) is 15.9 Å². The number of aliphatic hydroxyl groups is 2. The van der Waals surface area contributed by atoms with Gasteiger partial charge in [0.25, 0.3) is 0 Å². The summed E-state index contributed by atoms with van der Waals surface area (Å²) in [7, 11) is 0. The van der Waals surface area contributed by atoms with E-state index >= 15 is 0 Å². The Balaban J connectivity index is 4.48. The second kappa shape index (κ2) is 6.32. The molecule has 0 spiro atoms. The molecule has 0 saturated carbocycles. The minimum atomic E-state index is -0.751. The molecule has 0 aromatic carbocycles. The largest absolute Gasteiger partial charge is 0.395 e. The molecule has 1 amide bonds. The average molecular weight is 236 g/mol. The van der Waals surface area contributed by atoms with Gasteiger partial charge in [0.05, 0.1) is 19.3 Å². The zero-order chi connectivity index (χ0) is 12.1. The van der Waals surface area contributed by atoms with Gasteiger partial charge < -0.3 is 20.8 Å². The van der Waals surface area contributed by atoms with E-state index in [0.29, 0.717) is 0 Å². The molecule has 0 fully saturated rings. The number of hydrogen-bond donors (Lipinski definition) is 4. The summed E-state index contributed by atoms with van der Waals surface area (Å²) in [5.41, 5.74) is 5.72. The van der Waals surface area contributed by atoms with E-state index in [1.807, 2.05) is 0 Å². The molecule has 15 heavy (non-hydrogen) atoms. The third-order valence-electron chi connectivity index (χ3n) is 2.08. The van der Waals surface area contributed by atoms with Gasteiger partial charge in [0.2, 0.25) is 5.91 Å². The van der Waals surface area contributed by atoms with Crippen LogP contribution < -0.4 is 5.73 Å². The van der Waals surface area contributed by atoms with Gasteiger partial charge >= 0.3 is 0 Å². The Bertz CT molecular complexity index is 200. The lowest BCUT2D eigenvalue weighted by atomic mass is 10.0. The van der Waals surface area contributed by atoms with Crippen molar-refractivity contribution < 1.29 is 15.0 Å². The molecule has 6 heteroatoms. The molecule has 0 rings (SSSR count). The Morgan fingerprint density at radius 2 is 1.80 bits per heavy atom. The smallest absolute Gasteiger partial charge is 0.241 e. The van der Waals surface area contributed by atoms with Gasteiger partial charge in [-0.1, -0.05) is 0 Å². The minimum absolute atomic E-state index is 0.147. The van der Waals surface area contributed by atoms with Crippen LogP contribution in [0.25, 0.3) is 0 Å². The first-order valence-electron chi connectivity index (χ1n) is 4.83. The number of nitrogens with two attached hydrogens (primary N) is 1. The van der Waals surface area contributed by atoms with Gasteiger partial charge in [-0.3, -0.25) is 4.79 Å². The third-order valence-corrected chi connectivity index (χ3v) is 2.36. The summed E-state index contributed by atoms with van der Waals surface area (Å²) in [5.74, 6) is -0.307.